The zero-order chi connectivity index (χ0) is 19.6. The van der Waals surface area contributed by atoms with E-state index in [-0.39, 0.29) is 6.61 Å². The Hall–Kier alpha value is -3.33. The molecule has 0 aromatic heterocycles. The van der Waals surface area contributed by atoms with Gasteiger partial charge in [-0.05, 0) is 35.1 Å². The predicted molar refractivity (Wildman–Crippen MR) is 113 cm³/mol. The Bertz CT molecular complexity index is 844. The number of hydrogen-bond acceptors (Lipinski definition) is 3. The van der Waals surface area contributed by atoms with Crippen molar-refractivity contribution >= 4 is 6.16 Å². The molecule has 3 nitrogen and oxygen atoms in total. The smallest absolute Gasteiger partial charge is 0.434 e. The number of benzene rings is 3. The van der Waals surface area contributed by atoms with E-state index in [2.05, 4.69) is 43.0 Å². The van der Waals surface area contributed by atoms with Gasteiger partial charge in [-0.3, -0.25) is 0 Å². The van der Waals surface area contributed by atoms with Crippen molar-refractivity contribution in [1.29, 1.82) is 0 Å². The topological polar surface area (TPSA) is 35.5 Å². The maximum absolute atomic E-state index is 12.0. The van der Waals surface area contributed by atoms with Gasteiger partial charge in [0, 0.05) is 5.56 Å². The molecule has 0 unspecified atom stereocenters. The van der Waals surface area contributed by atoms with Gasteiger partial charge in [-0.25, -0.2) is 4.79 Å². The summed E-state index contributed by atoms with van der Waals surface area (Å²) in [5.41, 5.74) is 5.21. The lowest BCUT2D eigenvalue weighted by atomic mass is 9.92. The van der Waals surface area contributed by atoms with Crippen LogP contribution >= 0.6 is 0 Å². The first-order valence-electron chi connectivity index (χ1n) is 9.43. The van der Waals surface area contributed by atoms with Gasteiger partial charge in [0.25, 0.3) is 0 Å². The molecule has 0 atom stereocenters. The predicted octanol–water partition coefficient (Wildman–Crippen LogP) is 6.64. The van der Waals surface area contributed by atoms with Gasteiger partial charge in [0.05, 0.1) is 6.61 Å². The third-order valence-electron chi connectivity index (χ3n) is 4.45. The second kappa shape index (κ2) is 10.1. The monoisotopic (exact) mass is 372 g/mol. The maximum atomic E-state index is 12.0. The minimum Gasteiger partial charge on any atom is -0.434 e. The van der Waals surface area contributed by atoms with E-state index < -0.39 is 6.16 Å². The van der Waals surface area contributed by atoms with Crippen molar-refractivity contribution in [3.8, 4) is 22.3 Å². The van der Waals surface area contributed by atoms with Gasteiger partial charge in [-0.15, -0.1) is 6.58 Å². The molecular weight excluding hydrogens is 348 g/mol. The van der Waals surface area contributed by atoms with Crippen molar-refractivity contribution in [2.24, 2.45) is 0 Å². The molecule has 0 aliphatic carbocycles. The fourth-order valence-corrected chi connectivity index (χ4v) is 3.07. The van der Waals surface area contributed by atoms with E-state index in [0.29, 0.717) is 6.61 Å². The second-order valence-electron chi connectivity index (χ2n) is 6.38. The number of rotatable bonds is 8. The molecule has 0 aliphatic rings. The van der Waals surface area contributed by atoms with Crippen LogP contribution < -0.4 is 0 Å². The van der Waals surface area contributed by atoms with Crippen molar-refractivity contribution < 1.29 is 14.3 Å². The summed E-state index contributed by atoms with van der Waals surface area (Å²) in [7, 11) is 0. The molecule has 0 aliphatic heterocycles. The van der Waals surface area contributed by atoms with Gasteiger partial charge < -0.3 is 9.47 Å². The molecule has 0 saturated carbocycles. The highest BCUT2D eigenvalue weighted by atomic mass is 16.7. The molecule has 142 valence electrons. The molecule has 3 heteroatoms. The van der Waals surface area contributed by atoms with Gasteiger partial charge in [0.2, 0.25) is 0 Å². The van der Waals surface area contributed by atoms with Crippen LogP contribution in [0.4, 0.5) is 4.79 Å². The highest BCUT2D eigenvalue weighted by Gasteiger charge is 2.14. The highest BCUT2D eigenvalue weighted by Crippen LogP contribution is 2.33. The molecule has 0 fully saturated rings. The number of allylic oxidation sites excluding steroid dienone is 1. The molecule has 0 amide bonds. The summed E-state index contributed by atoms with van der Waals surface area (Å²) >= 11 is 0. The lowest BCUT2D eigenvalue weighted by molar-refractivity contribution is 0.0496. The Labute approximate surface area is 166 Å². The third-order valence-corrected chi connectivity index (χ3v) is 4.45. The summed E-state index contributed by atoms with van der Waals surface area (Å²) in [6, 6.07) is 26.3. The Balaban J connectivity index is 1.86. The van der Waals surface area contributed by atoms with Crippen molar-refractivity contribution in [3.05, 3.63) is 97.1 Å². The molecule has 0 heterocycles. The fraction of sp³-hybridized carbons (Fsp3) is 0.160. The number of ether oxygens (including phenoxy) is 2. The van der Waals surface area contributed by atoms with E-state index in [4.69, 9.17) is 9.47 Å². The Kier molecular flexibility index (Phi) is 7.02. The second-order valence-corrected chi connectivity index (χ2v) is 6.38. The van der Waals surface area contributed by atoms with Gasteiger partial charge in [0.1, 0.15) is 6.61 Å². The average Bonchev–Trinajstić information content (AvgIpc) is 2.76. The first-order chi connectivity index (χ1) is 13.8. The fourth-order valence-electron chi connectivity index (χ4n) is 3.07. The van der Waals surface area contributed by atoms with E-state index in [1.165, 1.54) is 0 Å². The summed E-state index contributed by atoms with van der Waals surface area (Å²) < 4.78 is 10.6. The van der Waals surface area contributed by atoms with Crippen LogP contribution in [-0.4, -0.2) is 12.8 Å². The Morgan fingerprint density at radius 2 is 1.36 bits per heavy atom. The molecule has 0 radical (unpaired) electrons. The van der Waals surface area contributed by atoms with Crippen molar-refractivity contribution in [3.63, 3.8) is 0 Å². The SMILES string of the molecule is C=CCCCOC(=O)OCc1c(-c2ccccc2)cccc1-c1ccccc1. The maximum Gasteiger partial charge on any atom is 0.508 e. The summed E-state index contributed by atoms with van der Waals surface area (Å²) in [6.45, 7) is 4.14. The third kappa shape index (κ3) is 5.10. The average molecular weight is 372 g/mol. The molecule has 28 heavy (non-hydrogen) atoms. The van der Waals surface area contributed by atoms with Crippen molar-refractivity contribution in [2.45, 2.75) is 19.4 Å². The normalized spacial score (nSPS) is 10.3. The molecular formula is C25H24O3. The van der Waals surface area contributed by atoms with Crippen molar-refractivity contribution in [2.75, 3.05) is 6.61 Å². The summed E-state index contributed by atoms with van der Waals surface area (Å²) in [4.78, 5) is 12.0. The molecule has 0 bridgehead atoms. The molecule has 3 aromatic rings. The van der Waals surface area contributed by atoms with Crippen LogP contribution in [0.1, 0.15) is 18.4 Å². The zero-order valence-electron chi connectivity index (χ0n) is 15.8. The Morgan fingerprint density at radius 1 is 0.786 bits per heavy atom. The number of carbonyl (C=O) groups excluding carboxylic acids is 1. The minimum absolute atomic E-state index is 0.148. The van der Waals surface area contributed by atoms with E-state index in [0.717, 1.165) is 40.7 Å². The van der Waals surface area contributed by atoms with Crippen LogP contribution in [0.3, 0.4) is 0 Å². The van der Waals surface area contributed by atoms with Crippen LogP contribution in [0.5, 0.6) is 0 Å². The summed E-state index contributed by atoms with van der Waals surface area (Å²) in [6.07, 6.45) is 2.71. The summed E-state index contributed by atoms with van der Waals surface area (Å²) in [5, 5.41) is 0. The highest BCUT2D eigenvalue weighted by molar-refractivity contribution is 5.78. The van der Waals surface area contributed by atoms with E-state index in [1.807, 2.05) is 42.5 Å². The molecule has 0 spiro atoms. The standard InChI is InChI=1S/C25H24O3/c1-2-3-10-18-27-25(26)28-19-24-22(20-12-6-4-7-13-20)16-11-17-23(24)21-14-8-5-9-15-21/h2,4-9,11-17H,1,3,10,18-19H2. The summed E-state index contributed by atoms with van der Waals surface area (Å²) in [5.74, 6) is 0. The Morgan fingerprint density at radius 3 is 1.89 bits per heavy atom. The molecule has 0 N–H and O–H groups in total. The largest absolute Gasteiger partial charge is 0.508 e. The van der Waals surface area contributed by atoms with Crippen LogP contribution in [0.15, 0.2) is 91.5 Å². The van der Waals surface area contributed by atoms with Crippen LogP contribution in [-0.2, 0) is 16.1 Å². The van der Waals surface area contributed by atoms with E-state index in [1.54, 1.807) is 6.08 Å². The molecule has 3 rings (SSSR count). The minimum atomic E-state index is -0.647. The number of hydrogen-bond donors (Lipinski definition) is 0. The van der Waals surface area contributed by atoms with Crippen molar-refractivity contribution in [1.82, 2.24) is 0 Å². The van der Waals surface area contributed by atoms with Crippen LogP contribution in [0, 0.1) is 0 Å². The van der Waals surface area contributed by atoms with Gasteiger partial charge in [-0.1, -0.05) is 84.9 Å². The van der Waals surface area contributed by atoms with Crippen LogP contribution in [0.25, 0.3) is 22.3 Å². The quantitative estimate of drug-likeness (QED) is 0.253. The first kappa shape index (κ1) is 19.4. The molecule has 3 aromatic carbocycles. The lowest BCUT2D eigenvalue weighted by Crippen LogP contribution is -2.09. The van der Waals surface area contributed by atoms with E-state index in [9.17, 15) is 4.79 Å². The van der Waals surface area contributed by atoms with Gasteiger partial charge >= 0.3 is 6.16 Å². The van der Waals surface area contributed by atoms with Gasteiger partial charge in [0.15, 0.2) is 0 Å². The molecule has 0 saturated heterocycles. The van der Waals surface area contributed by atoms with E-state index >= 15 is 0 Å². The lowest BCUT2D eigenvalue weighted by Gasteiger charge is -2.16. The zero-order valence-corrected chi connectivity index (χ0v) is 15.8. The van der Waals surface area contributed by atoms with Gasteiger partial charge in [-0.2, -0.15) is 0 Å². The number of unbranched alkanes of at least 4 members (excludes halogenated alkanes) is 1. The first-order valence-corrected chi connectivity index (χ1v) is 9.43. The van der Waals surface area contributed by atoms with Crippen LogP contribution in [0.2, 0.25) is 0 Å². The number of carbonyl (C=O) groups is 1.